The fourth-order valence-electron chi connectivity index (χ4n) is 4.21. The van der Waals surface area contributed by atoms with E-state index in [9.17, 15) is 13.6 Å². The molecule has 1 aromatic heterocycles. The van der Waals surface area contributed by atoms with Crippen LogP contribution in [0.3, 0.4) is 0 Å². The summed E-state index contributed by atoms with van der Waals surface area (Å²) < 4.78 is 32.4. The van der Waals surface area contributed by atoms with Crippen molar-refractivity contribution in [3.63, 3.8) is 0 Å². The number of hydrogen-bond donors (Lipinski definition) is 2. The van der Waals surface area contributed by atoms with E-state index in [0.29, 0.717) is 36.6 Å². The Balaban J connectivity index is 1.20. The van der Waals surface area contributed by atoms with Gasteiger partial charge in [-0.2, -0.15) is 0 Å². The van der Waals surface area contributed by atoms with Crippen LogP contribution in [0.2, 0.25) is 0 Å². The lowest BCUT2D eigenvalue weighted by Crippen LogP contribution is -2.43. The van der Waals surface area contributed by atoms with Gasteiger partial charge in [0, 0.05) is 44.3 Å². The van der Waals surface area contributed by atoms with Crippen LogP contribution in [0.5, 0.6) is 0 Å². The maximum absolute atomic E-state index is 13.9. The molecule has 2 aliphatic heterocycles. The molecule has 0 radical (unpaired) electrons. The molecule has 2 saturated heterocycles. The fourth-order valence-corrected chi connectivity index (χ4v) is 4.21. The Morgan fingerprint density at radius 1 is 1.20 bits per heavy atom. The number of hydroxylamine groups is 1. The Hall–Kier alpha value is -2.95. The third-order valence-electron chi connectivity index (χ3n) is 6.08. The van der Waals surface area contributed by atoms with Crippen molar-refractivity contribution in [3.8, 4) is 0 Å². The van der Waals surface area contributed by atoms with E-state index in [1.807, 2.05) is 0 Å². The van der Waals surface area contributed by atoms with Gasteiger partial charge in [0.25, 0.3) is 5.91 Å². The summed E-state index contributed by atoms with van der Waals surface area (Å²) in [5, 5.41) is 3.40. The summed E-state index contributed by atoms with van der Waals surface area (Å²) in [4.78, 5) is 28.2. The standard InChI is InChI=1S/C25H31F2N5O3/c26-19-7-6-18(22(27)14-19)10-12-32-11-3-4-21(17-32)30-23-16-28-20(15-29-23)8-9-24(33)31-35-25-5-1-2-13-34-25/h6-9,14-16,21,25H,1-5,10-13,17H2,(H,29,30)(H,31,33)/t21-,25?/m1/s1. The van der Waals surface area contributed by atoms with Gasteiger partial charge in [0.15, 0.2) is 6.29 Å². The zero-order chi connectivity index (χ0) is 24.5. The summed E-state index contributed by atoms with van der Waals surface area (Å²) in [5.74, 6) is -0.797. The van der Waals surface area contributed by atoms with Gasteiger partial charge in [0.1, 0.15) is 17.5 Å². The minimum atomic E-state index is -0.557. The second-order valence-electron chi connectivity index (χ2n) is 8.81. The van der Waals surface area contributed by atoms with Crippen LogP contribution in [-0.4, -0.2) is 59.3 Å². The molecule has 3 heterocycles. The minimum absolute atomic E-state index is 0.197. The van der Waals surface area contributed by atoms with E-state index in [1.165, 1.54) is 18.2 Å². The number of carbonyl (C=O) groups is 1. The summed E-state index contributed by atoms with van der Waals surface area (Å²) in [6, 6.07) is 3.93. The highest BCUT2D eigenvalue weighted by Crippen LogP contribution is 2.17. The third-order valence-corrected chi connectivity index (χ3v) is 6.08. The molecular weight excluding hydrogens is 456 g/mol. The van der Waals surface area contributed by atoms with E-state index in [4.69, 9.17) is 9.57 Å². The number of likely N-dealkylation sites (tertiary alicyclic amines) is 1. The Labute approximate surface area is 203 Å². The molecular formula is C25H31F2N5O3. The van der Waals surface area contributed by atoms with E-state index in [-0.39, 0.29) is 6.04 Å². The second kappa shape index (κ2) is 12.7. The predicted molar refractivity (Wildman–Crippen MR) is 127 cm³/mol. The van der Waals surface area contributed by atoms with Crippen molar-refractivity contribution in [2.24, 2.45) is 0 Å². The number of piperidine rings is 1. The summed E-state index contributed by atoms with van der Waals surface area (Å²) in [5.41, 5.74) is 3.44. The molecule has 1 unspecified atom stereocenters. The smallest absolute Gasteiger partial charge is 0.267 e. The molecule has 1 amide bonds. The monoisotopic (exact) mass is 487 g/mol. The predicted octanol–water partition coefficient (Wildman–Crippen LogP) is 3.46. The zero-order valence-electron chi connectivity index (χ0n) is 19.6. The number of amides is 1. The molecule has 2 aliphatic rings. The lowest BCUT2D eigenvalue weighted by Gasteiger charge is -2.33. The van der Waals surface area contributed by atoms with Crippen LogP contribution in [0.15, 0.2) is 36.7 Å². The van der Waals surface area contributed by atoms with Crippen LogP contribution in [0.1, 0.15) is 43.4 Å². The maximum atomic E-state index is 13.9. The number of anilines is 1. The number of rotatable bonds is 9. The summed E-state index contributed by atoms with van der Waals surface area (Å²) in [6.07, 6.45) is 11.1. The second-order valence-corrected chi connectivity index (χ2v) is 8.81. The number of halogens is 2. The Kier molecular flexibility index (Phi) is 9.10. The van der Waals surface area contributed by atoms with Gasteiger partial charge >= 0.3 is 0 Å². The first kappa shape index (κ1) is 25.2. The molecule has 0 aliphatic carbocycles. The molecule has 35 heavy (non-hydrogen) atoms. The molecule has 0 bridgehead atoms. The number of ether oxygens (including phenoxy) is 1. The molecule has 10 heteroatoms. The van der Waals surface area contributed by atoms with Crippen molar-refractivity contribution in [1.29, 1.82) is 0 Å². The van der Waals surface area contributed by atoms with Gasteiger partial charge in [0.05, 0.1) is 18.1 Å². The van der Waals surface area contributed by atoms with Crippen LogP contribution >= 0.6 is 0 Å². The van der Waals surface area contributed by atoms with E-state index in [1.54, 1.807) is 18.5 Å². The third kappa shape index (κ3) is 8.05. The highest BCUT2D eigenvalue weighted by molar-refractivity contribution is 5.90. The molecule has 2 atom stereocenters. The number of hydrogen-bond acceptors (Lipinski definition) is 7. The van der Waals surface area contributed by atoms with Gasteiger partial charge in [-0.15, -0.1) is 0 Å². The molecule has 1 aromatic carbocycles. The SMILES string of the molecule is O=C(C=Cc1cnc(N[C@@H]2CCCN(CCc3ccc(F)cc3F)C2)cn1)NOC1CCCCO1. The van der Waals surface area contributed by atoms with Crippen LogP contribution in [0.4, 0.5) is 14.6 Å². The number of nitrogens with one attached hydrogen (secondary N) is 2. The normalized spacial score (nSPS) is 21.2. The van der Waals surface area contributed by atoms with E-state index < -0.39 is 23.8 Å². The van der Waals surface area contributed by atoms with Crippen LogP contribution in [0.25, 0.3) is 6.08 Å². The van der Waals surface area contributed by atoms with E-state index >= 15 is 0 Å². The lowest BCUT2D eigenvalue weighted by atomic mass is 10.0. The Bertz CT molecular complexity index is 999. The van der Waals surface area contributed by atoms with E-state index in [2.05, 4.69) is 25.7 Å². The minimum Gasteiger partial charge on any atom is -0.365 e. The van der Waals surface area contributed by atoms with Crippen molar-refractivity contribution in [3.05, 3.63) is 59.6 Å². The summed E-state index contributed by atoms with van der Waals surface area (Å²) >= 11 is 0. The highest BCUT2D eigenvalue weighted by Gasteiger charge is 2.20. The van der Waals surface area contributed by atoms with Crippen molar-refractivity contribution in [2.75, 3.05) is 31.6 Å². The van der Waals surface area contributed by atoms with Gasteiger partial charge in [-0.1, -0.05) is 6.07 Å². The molecule has 8 nitrogen and oxygen atoms in total. The molecule has 2 N–H and O–H groups in total. The van der Waals surface area contributed by atoms with Crippen LogP contribution < -0.4 is 10.8 Å². The van der Waals surface area contributed by atoms with Gasteiger partial charge < -0.3 is 15.0 Å². The molecule has 4 rings (SSSR count). The van der Waals surface area contributed by atoms with Crippen LogP contribution in [-0.2, 0) is 20.8 Å². The number of carbonyl (C=O) groups excluding carboxylic acids is 1. The molecule has 188 valence electrons. The van der Waals surface area contributed by atoms with Crippen molar-refractivity contribution < 1.29 is 23.1 Å². The topological polar surface area (TPSA) is 88.6 Å². The Morgan fingerprint density at radius 2 is 2.11 bits per heavy atom. The van der Waals surface area contributed by atoms with Gasteiger partial charge in [-0.05, 0) is 56.4 Å². The average Bonchev–Trinajstić information content (AvgIpc) is 2.87. The summed E-state index contributed by atoms with van der Waals surface area (Å²) in [7, 11) is 0. The van der Waals surface area contributed by atoms with E-state index in [0.717, 1.165) is 51.3 Å². The fraction of sp³-hybridized carbons (Fsp3) is 0.480. The molecule has 0 saturated carbocycles. The quantitative estimate of drug-likeness (QED) is 0.414. The molecule has 0 spiro atoms. The number of aromatic nitrogens is 2. The largest absolute Gasteiger partial charge is 0.365 e. The first-order valence-electron chi connectivity index (χ1n) is 12.1. The van der Waals surface area contributed by atoms with Crippen molar-refractivity contribution >= 4 is 17.8 Å². The Morgan fingerprint density at radius 3 is 2.89 bits per heavy atom. The number of nitrogens with zero attached hydrogens (tertiary/aromatic N) is 3. The lowest BCUT2D eigenvalue weighted by molar-refractivity contribution is -0.198. The first-order valence-corrected chi connectivity index (χ1v) is 12.1. The van der Waals surface area contributed by atoms with Gasteiger partial charge in [-0.3, -0.25) is 9.78 Å². The van der Waals surface area contributed by atoms with Gasteiger partial charge in [0.2, 0.25) is 0 Å². The first-order chi connectivity index (χ1) is 17.0. The zero-order valence-corrected chi connectivity index (χ0v) is 19.6. The molecule has 2 fully saturated rings. The van der Waals surface area contributed by atoms with Crippen molar-refractivity contribution in [1.82, 2.24) is 20.3 Å². The van der Waals surface area contributed by atoms with Crippen LogP contribution in [0, 0.1) is 11.6 Å². The summed E-state index contributed by atoms with van der Waals surface area (Å²) in [6.45, 7) is 3.09. The molecule has 2 aromatic rings. The van der Waals surface area contributed by atoms with Gasteiger partial charge in [-0.25, -0.2) is 24.1 Å². The maximum Gasteiger partial charge on any atom is 0.267 e. The highest BCUT2D eigenvalue weighted by atomic mass is 19.1. The number of benzene rings is 1. The average molecular weight is 488 g/mol. The van der Waals surface area contributed by atoms with Crippen molar-refractivity contribution in [2.45, 2.75) is 50.9 Å².